The van der Waals surface area contributed by atoms with Gasteiger partial charge in [-0.25, -0.2) is 0 Å². The van der Waals surface area contributed by atoms with Crippen LogP contribution in [-0.4, -0.2) is 17.5 Å². The smallest absolute Gasteiger partial charge is 0.311 e. The van der Waals surface area contributed by atoms with Crippen LogP contribution in [0.1, 0.15) is 39.5 Å². The summed E-state index contributed by atoms with van der Waals surface area (Å²) in [4.78, 5) is 34.0. The lowest BCUT2D eigenvalue weighted by atomic mass is 9.92. The third-order valence-electron chi connectivity index (χ3n) is 2.88. The number of ketones is 2. The summed E-state index contributed by atoms with van der Waals surface area (Å²) in [5, 5.41) is 0. The molecule has 0 N–H and O–H groups in total. The maximum absolute atomic E-state index is 11.7. The minimum absolute atomic E-state index is 0.0349. The highest BCUT2D eigenvalue weighted by Gasteiger charge is 2.16. The summed E-state index contributed by atoms with van der Waals surface area (Å²) < 4.78 is 5.17. The summed E-state index contributed by atoms with van der Waals surface area (Å²) in [6.45, 7) is 2.99. The quantitative estimate of drug-likeness (QED) is 0.541. The number of esters is 1. The number of rotatable bonds is 8. The summed E-state index contributed by atoms with van der Waals surface area (Å²) >= 11 is 0. The summed E-state index contributed by atoms with van der Waals surface area (Å²) in [5.74, 6) is 0.161. The van der Waals surface area contributed by atoms with Crippen molar-refractivity contribution in [1.29, 1.82) is 0 Å². The van der Waals surface area contributed by atoms with Crippen LogP contribution in [-0.2, 0) is 14.4 Å². The van der Waals surface area contributed by atoms with Crippen LogP contribution in [0.15, 0.2) is 30.3 Å². The van der Waals surface area contributed by atoms with E-state index in [0.717, 1.165) is 0 Å². The molecule has 1 aromatic carbocycles. The molecule has 0 radical (unpaired) electrons. The number of Topliss-reactive ketones (excluding diaryl/α,β-unsaturated/α-hetero) is 2. The normalized spacial score (nSPS) is 10.3. The minimum Gasteiger partial charge on any atom is -0.427 e. The van der Waals surface area contributed by atoms with Crippen molar-refractivity contribution in [2.75, 3.05) is 0 Å². The first kappa shape index (κ1) is 16.1. The van der Waals surface area contributed by atoms with E-state index in [0.29, 0.717) is 25.0 Å². The van der Waals surface area contributed by atoms with Crippen molar-refractivity contribution in [3.63, 3.8) is 0 Å². The molecule has 4 nitrogen and oxygen atoms in total. The van der Waals surface area contributed by atoms with Crippen LogP contribution >= 0.6 is 0 Å². The lowest BCUT2D eigenvalue weighted by Crippen LogP contribution is -2.14. The van der Waals surface area contributed by atoms with Crippen LogP contribution in [0.3, 0.4) is 0 Å². The van der Waals surface area contributed by atoms with E-state index in [4.69, 9.17) is 4.74 Å². The predicted molar refractivity (Wildman–Crippen MR) is 75.4 cm³/mol. The number of ether oxygens (including phenoxy) is 1. The Morgan fingerprint density at radius 1 is 1.00 bits per heavy atom. The van der Waals surface area contributed by atoms with Gasteiger partial charge in [0, 0.05) is 19.3 Å². The summed E-state index contributed by atoms with van der Waals surface area (Å²) in [6, 6.07) is 8.84. The molecular weight excluding hydrogens is 256 g/mol. The Kier molecular flexibility index (Phi) is 6.64. The third-order valence-corrected chi connectivity index (χ3v) is 2.88. The van der Waals surface area contributed by atoms with Gasteiger partial charge in [-0.2, -0.15) is 0 Å². The molecule has 0 amide bonds. The average Bonchev–Trinajstić information content (AvgIpc) is 2.36. The molecule has 4 heteroatoms. The second kappa shape index (κ2) is 8.25. The third kappa shape index (κ3) is 6.83. The van der Waals surface area contributed by atoms with Crippen LogP contribution in [0.25, 0.3) is 0 Å². The van der Waals surface area contributed by atoms with Gasteiger partial charge in [-0.3, -0.25) is 4.79 Å². The van der Waals surface area contributed by atoms with E-state index in [9.17, 15) is 14.4 Å². The Labute approximate surface area is 119 Å². The zero-order chi connectivity index (χ0) is 15.0. The van der Waals surface area contributed by atoms with Crippen molar-refractivity contribution in [1.82, 2.24) is 0 Å². The van der Waals surface area contributed by atoms with E-state index in [1.54, 1.807) is 24.3 Å². The molecule has 0 aliphatic carbocycles. The molecule has 0 saturated heterocycles. The first-order valence-electron chi connectivity index (χ1n) is 6.72. The molecule has 0 aliphatic heterocycles. The SMILES string of the molecule is CC(=O)CC(CCC(=O)Oc1ccccc1)CC(C)=O. The highest BCUT2D eigenvalue weighted by molar-refractivity contribution is 5.79. The Hall–Kier alpha value is -1.97. The van der Waals surface area contributed by atoms with Gasteiger partial charge >= 0.3 is 5.97 Å². The molecule has 0 bridgehead atoms. The fourth-order valence-corrected chi connectivity index (χ4v) is 2.08. The van der Waals surface area contributed by atoms with Crippen LogP contribution in [0.4, 0.5) is 0 Å². The largest absolute Gasteiger partial charge is 0.427 e. The monoisotopic (exact) mass is 276 g/mol. The van der Waals surface area contributed by atoms with Gasteiger partial charge in [0.2, 0.25) is 0 Å². The molecule has 0 fully saturated rings. The molecule has 0 aromatic heterocycles. The maximum atomic E-state index is 11.7. The standard InChI is InChI=1S/C16H20O4/c1-12(17)10-14(11-13(2)18)8-9-16(19)20-15-6-4-3-5-7-15/h3-7,14H,8-11H2,1-2H3. The van der Waals surface area contributed by atoms with E-state index in [-0.39, 0.29) is 29.9 Å². The fraction of sp³-hybridized carbons (Fsp3) is 0.438. The van der Waals surface area contributed by atoms with Gasteiger partial charge in [0.05, 0.1) is 0 Å². The van der Waals surface area contributed by atoms with Crippen molar-refractivity contribution >= 4 is 17.5 Å². The van der Waals surface area contributed by atoms with Crippen molar-refractivity contribution in [3.05, 3.63) is 30.3 Å². The van der Waals surface area contributed by atoms with Gasteiger partial charge in [0.1, 0.15) is 17.3 Å². The van der Waals surface area contributed by atoms with Gasteiger partial charge in [-0.1, -0.05) is 18.2 Å². The van der Waals surface area contributed by atoms with E-state index in [1.165, 1.54) is 13.8 Å². The van der Waals surface area contributed by atoms with Crippen molar-refractivity contribution in [2.24, 2.45) is 5.92 Å². The molecule has 0 heterocycles. The van der Waals surface area contributed by atoms with E-state index >= 15 is 0 Å². The molecule has 0 saturated carbocycles. The van der Waals surface area contributed by atoms with Crippen LogP contribution in [0.2, 0.25) is 0 Å². The van der Waals surface area contributed by atoms with Crippen molar-refractivity contribution in [2.45, 2.75) is 39.5 Å². The zero-order valence-corrected chi connectivity index (χ0v) is 11.9. The second-order valence-corrected chi connectivity index (χ2v) is 5.00. The highest BCUT2D eigenvalue weighted by atomic mass is 16.5. The predicted octanol–water partition coefficient (Wildman–Crippen LogP) is 2.95. The number of hydrogen-bond donors (Lipinski definition) is 0. The lowest BCUT2D eigenvalue weighted by molar-refractivity contribution is -0.135. The van der Waals surface area contributed by atoms with Gasteiger partial charge in [-0.15, -0.1) is 0 Å². The number of para-hydroxylation sites is 1. The van der Waals surface area contributed by atoms with E-state index in [1.807, 2.05) is 6.07 Å². The van der Waals surface area contributed by atoms with Crippen LogP contribution < -0.4 is 4.74 Å². The average molecular weight is 276 g/mol. The Bertz CT molecular complexity index is 449. The second-order valence-electron chi connectivity index (χ2n) is 5.00. The molecule has 108 valence electrons. The Balaban J connectivity index is 2.43. The summed E-state index contributed by atoms with van der Waals surface area (Å²) in [7, 11) is 0. The first-order valence-corrected chi connectivity index (χ1v) is 6.72. The lowest BCUT2D eigenvalue weighted by Gasteiger charge is -2.13. The molecule has 1 aromatic rings. The fourth-order valence-electron chi connectivity index (χ4n) is 2.08. The number of carbonyl (C=O) groups excluding carboxylic acids is 3. The highest BCUT2D eigenvalue weighted by Crippen LogP contribution is 2.18. The topological polar surface area (TPSA) is 60.4 Å². The first-order chi connectivity index (χ1) is 9.47. The number of benzene rings is 1. The number of hydrogen-bond acceptors (Lipinski definition) is 4. The van der Waals surface area contributed by atoms with Crippen molar-refractivity contribution in [3.8, 4) is 5.75 Å². The van der Waals surface area contributed by atoms with Gasteiger partial charge in [-0.05, 0) is 38.3 Å². The Morgan fingerprint density at radius 3 is 2.05 bits per heavy atom. The zero-order valence-electron chi connectivity index (χ0n) is 11.9. The van der Waals surface area contributed by atoms with E-state index < -0.39 is 0 Å². The molecule has 0 aliphatic rings. The summed E-state index contributed by atoms with van der Waals surface area (Å²) in [5.41, 5.74) is 0. The van der Waals surface area contributed by atoms with Crippen LogP contribution in [0, 0.1) is 5.92 Å². The minimum atomic E-state index is -0.340. The maximum Gasteiger partial charge on any atom is 0.311 e. The molecule has 20 heavy (non-hydrogen) atoms. The van der Waals surface area contributed by atoms with Gasteiger partial charge in [0.15, 0.2) is 0 Å². The molecular formula is C16H20O4. The number of carbonyl (C=O) groups is 3. The Morgan fingerprint density at radius 2 is 1.55 bits per heavy atom. The molecule has 1 rings (SSSR count). The van der Waals surface area contributed by atoms with Crippen molar-refractivity contribution < 1.29 is 19.1 Å². The molecule has 0 unspecified atom stereocenters. The van der Waals surface area contributed by atoms with Gasteiger partial charge in [0.25, 0.3) is 0 Å². The van der Waals surface area contributed by atoms with Crippen LogP contribution in [0.5, 0.6) is 5.75 Å². The summed E-state index contributed by atoms with van der Waals surface area (Å²) in [6.07, 6.45) is 1.36. The van der Waals surface area contributed by atoms with Gasteiger partial charge < -0.3 is 14.3 Å². The molecule has 0 atom stereocenters. The van der Waals surface area contributed by atoms with E-state index in [2.05, 4.69) is 0 Å². The molecule has 0 spiro atoms.